The molecular weight excluding hydrogens is 277 g/mol. The second-order valence-electron chi connectivity index (χ2n) is 4.16. The second-order valence-corrected chi connectivity index (χ2v) is 4.16. The van der Waals surface area contributed by atoms with Crippen LogP contribution in [-0.2, 0) is 11.0 Å². The van der Waals surface area contributed by atoms with E-state index < -0.39 is 30.4 Å². The van der Waals surface area contributed by atoms with Crippen molar-refractivity contribution >= 4 is 17.3 Å². The lowest BCUT2D eigenvalue weighted by molar-refractivity contribution is -0.136. The van der Waals surface area contributed by atoms with Crippen molar-refractivity contribution in [2.24, 2.45) is 0 Å². The van der Waals surface area contributed by atoms with Crippen LogP contribution in [-0.4, -0.2) is 35.4 Å². The van der Waals surface area contributed by atoms with Gasteiger partial charge in [-0.15, -0.1) is 0 Å². The maximum atomic E-state index is 12.9. The number of alkyl halides is 3. The number of carbonyl (C=O) groups excluding carboxylic acids is 1. The van der Waals surface area contributed by atoms with Crippen molar-refractivity contribution in [2.75, 3.05) is 23.8 Å². The third-order valence-corrected chi connectivity index (χ3v) is 2.39. The molecule has 0 heterocycles. The van der Waals surface area contributed by atoms with Crippen LogP contribution in [0.1, 0.15) is 12.5 Å². The number of aliphatic hydroxyl groups is 2. The van der Waals surface area contributed by atoms with Crippen molar-refractivity contribution in [3.8, 4) is 0 Å². The van der Waals surface area contributed by atoms with Crippen molar-refractivity contribution in [3.05, 3.63) is 23.8 Å². The summed E-state index contributed by atoms with van der Waals surface area (Å²) < 4.78 is 38.6. The van der Waals surface area contributed by atoms with Gasteiger partial charge in [-0.05, 0) is 18.2 Å². The van der Waals surface area contributed by atoms with Gasteiger partial charge in [0, 0.05) is 19.2 Å². The van der Waals surface area contributed by atoms with Crippen LogP contribution >= 0.6 is 0 Å². The van der Waals surface area contributed by atoms with Crippen LogP contribution < -0.4 is 10.6 Å². The van der Waals surface area contributed by atoms with E-state index >= 15 is 0 Å². The summed E-state index contributed by atoms with van der Waals surface area (Å²) in [4.78, 5) is 10.9. The average Bonchev–Trinajstić information content (AvgIpc) is 2.35. The number of aliphatic hydroxyl groups excluding tert-OH is 2. The molecule has 1 aromatic carbocycles. The summed E-state index contributed by atoms with van der Waals surface area (Å²) in [5, 5.41) is 22.4. The van der Waals surface area contributed by atoms with Crippen molar-refractivity contribution in [1.82, 2.24) is 0 Å². The van der Waals surface area contributed by atoms with Gasteiger partial charge in [-0.3, -0.25) is 4.79 Å². The van der Waals surface area contributed by atoms with E-state index in [2.05, 4.69) is 10.6 Å². The van der Waals surface area contributed by atoms with Crippen molar-refractivity contribution in [2.45, 2.75) is 19.2 Å². The zero-order chi connectivity index (χ0) is 15.3. The Hall–Kier alpha value is -1.80. The van der Waals surface area contributed by atoms with Crippen LogP contribution in [0.5, 0.6) is 0 Å². The molecular formula is C12H15F3N2O3. The molecule has 5 nitrogen and oxygen atoms in total. The Balaban J connectivity index is 2.99. The molecule has 20 heavy (non-hydrogen) atoms. The first-order chi connectivity index (χ1) is 9.24. The van der Waals surface area contributed by atoms with Gasteiger partial charge in [0.05, 0.1) is 24.0 Å². The van der Waals surface area contributed by atoms with Gasteiger partial charge in [0.15, 0.2) is 0 Å². The monoisotopic (exact) mass is 292 g/mol. The van der Waals surface area contributed by atoms with E-state index in [-0.39, 0.29) is 17.9 Å². The van der Waals surface area contributed by atoms with Crippen LogP contribution in [0.25, 0.3) is 0 Å². The number of amides is 1. The number of nitrogens with one attached hydrogen (secondary N) is 2. The lowest BCUT2D eigenvalue weighted by atomic mass is 10.1. The first-order valence-corrected chi connectivity index (χ1v) is 5.75. The first-order valence-electron chi connectivity index (χ1n) is 5.75. The average molecular weight is 292 g/mol. The molecule has 0 aromatic heterocycles. The summed E-state index contributed by atoms with van der Waals surface area (Å²) in [6.07, 6.45) is -5.69. The predicted octanol–water partition coefficient (Wildman–Crippen LogP) is 1.43. The van der Waals surface area contributed by atoms with Crippen LogP contribution in [0.2, 0.25) is 0 Å². The third-order valence-electron chi connectivity index (χ3n) is 2.39. The van der Waals surface area contributed by atoms with Crippen molar-refractivity contribution in [3.63, 3.8) is 0 Å². The molecule has 112 valence electrons. The van der Waals surface area contributed by atoms with E-state index in [0.717, 1.165) is 19.1 Å². The smallest absolute Gasteiger partial charge is 0.394 e. The number of hydrogen-bond acceptors (Lipinski definition) is 4. The molecule has 4 N–H and O–H groups in total. The summed E-state index contributed by atoms with van der Waals surface area (Å²) in [7, 11) is 0. The van der Waals surface area contributed by atoms with E-state index in [4.69, 9.17) is 10.2 Å². The van der Waals surface area contributed by atoms with Gasteiger partial charge in [0.2, 0.25) is 5.91 Å². The molecule has 0 fully saturated rings. The maximum absolute atomic E-state index is 12.9. The Bertz CT molecular complexity index is 478. The normalized spacial score (nSPS) is 12.9. The molecule has 0 saturated carbocycles. The van der Waals surface area contributed by atoms with Crippen molar-refractivity contribution < 1.29 is 28.2 Å². The highest BCUT2D eigenvalue weighted by molar-refractivity contribution is 5.90. The number of carbonyl (C=O) groups is 1. The highest BCUT2D eigenvalue weighted by Crippen LogP contribution is 2.36. The quantitative estimate of drug-likeness (QED) is 0.662. The van der Waals surface area contributed by atoms with E-state index in [0.29, 0.717) is 0 Å². The minimum atomic E-state index is -4.62. The zero-order valence-electron chi connectivity index (χ0n) is 10.7. The van der Waals surface area contributed by atoms with Gasteiger partial charge < -0.3 is 20.8 Å². The molecule has 0 aliphatic rings. The van der Waals surface area contributed by atoms with E-state index in [1.54, 1.807) is 0 Å². The van der Waals surface area contributed by atoms with Gasteiger partial charge in [-0.1, -0.05) is 0 Å². The highest BCUT2D eigenvalue weighted by Gasteiger charge is 2.34. The molecule has 1 atom stereocenters. The molecule has 1 rings (SSSR count). The van der Waals surface area contributed by atoms with E-state index in [1.165, 1.54) is 6.07 Å². The topological polar surface area (TPSA) is 81.6 Å². The standard InChI is InChI=1S/C12H15F3N2O3/c1-7(19)17-11-3-2-8(16-5-9(20)6-18)4-10(11)12(13,14)15/h2-4,9,16,18,20H,5-6H2,1H3,(H,17,19). The Morgan fingerprint density at radius 1 is 1.40 bits per heavy atom. The zero-order valence-corrected chi connectivity index (χ0v) is 10.7. The Labute approximate surface area is 113 Å². The molecule has 1 aromatic rings. The Kier molecular flexibility index (Phi) is 5.34. The van der Waals surface area contributed by atoms with Gasteiger partial charge in [-0.2, -0.15) is 13.2 Å². The fourth-order valence-electron chi connectivity index (χ4n) is 1.49. The molecule has 0 bridgehead atoms. The number of hydrogen-bond donors (Lipinski definition) is 4. The van der Waals surface area contributed by atoms with Crippen LogP contribution in [0.15, 0.2) is 18.2 Å². The minimum Gasteiger partial charge on any atom is -0.394 e. The first kappa shape index (κ1) is 16.3. The summed E-state index contributed by atoms with van der Waals surface area (Å²) in [5.41, 5.74) is -1.20. The van der Waals surface area contributed by atoms with Crippen molar-refractivity contribution in [1.29, 1.82) is 0 Å². The SMILES string of the molecule is CC(=O)Nc1ccc(NCC(O)CO)cc1C(F)(F)F. The Morgan fingerprint density at radius 3 is 2.55 bits per heavy atom. The molecule has 0 saturated heterocycles. The van der Waals surface area contributed by atoms with Gasteiger partial charge in [0.1, 0.15) is 0 Å². The maximum Gasteiger partial charge on any atom is 0.418 e. The third kappa shape index (κ3) is 4.71. The number of rotatable bonds is 5. The number of halogens is 3. The molecule has 0 aliphatic carbocycles. The second kappa shape index (κ2) is 6.58. The molecule has 1 amide bonds. The van der Waals surface area contributed by atoms with Crippen LogP contribution in [0.3, 0.4) is 0 Å². The predicted molar refractivity (Wildman–Crippen MR) is 67.3 cm³/mol. The summed E-state index contributed by atoms with van der Waals surface area (Å²) in [5.74, 6) is -0.605. The lowest BCUT2D eigenvalue weighted by Crippen LogP contribution is -2.23. The van der Waals surface area contributed by atoms with E-state index in [9.17, 15) is 18.0 Å². The largest absolute Gasteiger partial charge is 0.418 e. The number of anilines is 2. The van der Waals surface area contributed by atoms with E-state index in [1.807, 2.05) is 0 Å². The Morgan fingerprint density at radius 2 is 2.05 bits per heavy atom. The molecule has 0 spiro atoms. The minimum absolute atomic E-state index is 0.0900. The van der Waals surface area contributed by atoms with Crippen LogP contribution in [0, 0.1) is 0 Å². The fourth-order valence-corrected chi connectivity index (χ4v) is 1.49. The van der Waals surface area contributed by atoms with Gasteiger partial charge >= 0.3 is 6.18 Å². The molecule has 0 radical (unpaired) electrons. The number of benzene rings is 1. The van der Waals surface area contributed by atoms with Gasteiger partial charge in [-0.25, -0.2) is 0 Å². The fraction of sp³-hybridized carbons (Fsp3) is 0.417. The highest BCUT2D eigenvalue weighted by atomic mass is 19.4. The molecule has 1 unspecified atom stereocenters. The summed E-state index contributed by atoms with van der Waals surface area (Å²) in [6.45, 7) is 0.528. The molecule has 8 heteroatoms. The lowest BCUT2D eigenvalue weighted by Gasteiger charge is -2.16. The van der Waals surface area contributed by atoms with Crippen LogP contribution in [0.4, 0.5) is 24.5 Å². The molecule has 0 aliphatic heterocycles. The summed E-state index contributed by atoms with van der Waals surface area (Å²) >= 11 is 0. The summed E-state index contributed by atoms with van der Waals surface area (Å²) in [6, 6.07) is 3.29. The van der Waals surface area contributed by atoms with Gasteiger partial charge in [0.25, 0.3) is 0 Å².